The highest BCUT2D eigenvalue weighted by Crippen LogP contribution is 2.19. The standard InChI is InChI=1S/C7H11N5S/c8-6-9-4-10-7(12-6)11-5-1-2-13-3-5/h4-5H,1-3H2,(H3,8,9,10,11,12). The Morgan fingerprint density at radius 2 is 2.46 bits per heavy atom. The summed E-state index contributed by atoms with van der Waals surface area (Å²) in [5, 5.41) is 3.22. The summed E-state index contributed by atoms with van der Waals surface area (Å²) in [5.41, 5.74) is 5.43. The average Bonchev–Trinajstić information content (AvgIpc) is 2.57. The van der Waals surface area contributed by atoms with Crippen LogP contribution in [0.5, 0.6) is 0 Å². The van der Waals surface area contributed by atoms with Crippen LogP contribution >= 0.6 is 11.8 Å². The lowest BCUT2D eigenvalue weighted by atomic mass is 10.3. The second kappa shape index (κ2) is 3.78. The van der Waals surface area contributed by atoms with E-state index >= 15 is 0 Å². The molecule has 1 atom stereocenters. The summed E-state index contributed by atoms with van der Waals surface area (Å²) < 4.78 is 0. The van der Waals surface area contributed by atoms with Crippen LogP contribution in [0.1, 0.15) is 6.42 Å². The Kier molecular flexibility index (Phi) is 2.49. The molecule has 2 rings (SSSR count). The molecule has 0 bridgehead atoms. The zero-order valence-corrected chi connectivity index (χ0v) is 7.92. The van der Waals surface area contributed by atoms with Crippen molar-refractivity contribution in [3.05, 3.63) is 6.33 Å². The molecular formula is C7H11N5S. The first-order valence-electron chi connectivity index (χ1n) is 4.13. The number of nitrogens with one attached hydrogen (secondary N) is 1. The van der Waals surface area contributed by atoms with Gasteiger partial charge in [-0.2, -0.15) is 16.7 Å². The Morgan fingerprint density at radius 1 is 1.54 bits per heavy atom. The van der Waals surface area contributed by atoms with Gasteiger partial charge in [0.15, 0.2) is 0 Å². The van der Waals surface area contributed by atoms with Gasteiger partial charge < -0.3 is 11.1 Å². The van der Waals surface area contributed by atoms with E-state index in [-0.39, 0.29) is 5.95 Å². The predicted molar refractivity (Wildman–Crippen MR) is 53.6 cm³/mol. The smallest absolute Gasteiger partial charge is 0.227 e. The van der Waals surface area contributed by atoms with E-state index in [2.05, 4.69) is 20.3 Å². The number of hydrogen-bond acceptors (Lipinski definition) is 6. The summed E-state index contributed by atoms with van der Waals surface area (Å²) in [6, 6.07) is 0.479. The Hall–Kier alpha value is -1.04. The van der Waals surface area contributed by atoms with Crippen LogP contribution in [0.15, 0.2) is 6.33 Å². The van der Waals surface area contributed by atoms with Crippen molar-refractivity contribution in [2.75, 3.05) is 22.6 Å². The van der Waals surface area contributed by atoms with Crippen molar-refractivity contribution in [3.8, 4) is 0 Å². The number of nitrogens with zero attached hydrogens (tertiary/aromatic N) is 3. The monoisotopic (exact) mass is 197 g/mol. The SMILES string of the molecule is Nc1ncnc(NC2CCSC2)n1. The molecule has 5 nitrogen and oxygen atoms in total. The van der Waals surface area contributed by atoms with Gasteiger partial charge >= 0.3 is 0 Å². The van der Waals surface area contributed by atoms with Crippen molar-refractivity contribution >= 4 is 23.7 Å². The molecule has 1 aliphatic rings. The van der Waals surface area contributed by atoms with Gasteiger partial charge in [0.25, 0.3) is 0 Å². The summed E-state index contributed by atoms with van der Waals surface area (Å²) in [5.74, 6) is 3.17. The van der Waals surface area contributed by atoms with Gasteiger partial charge in [-0.05, 0) is 12.2 Å². The molecule has 13 heavy (non-hydrogen) atoms. The normalized spacial score (nSPS) is 21.7. The van der Waals surface area contributed by atoms with Gasteiger partial charge in [-0.15, -0.1) is 0 Å². The van der Waals surface area contributed by atoms with Crippen molar-refractivity contribution in [2.24, 2.45) is 0 Å². The Morgan fingerprint density at radius 3 is 3.15 bits per heavy atom. The van der Waals surface area contributed by atoms with Crippen LogP contribution in [0.2, 0.25) is 0 Å². The molecule has 0 amide bonds. The van der Waals surface area contributed by atoms with E-state index < -0.39 is 0 Å². The van der Waals surface area contributed by atoms with Gasteiger partial charge in [-0.25, -0.2) is 9.97 Å². The molecule has 1 aromatic rings. The Labute approximate surface area is 80.6 Å². The van der Waals surface area contributed by atoms with Crippen LogP contribution in [0, 0.1) is 0 Å². The van der Waals surface area contributed by atoms with E-state index in [0.29, 0.717) is 12.0 Å². The fourth-order valence-corrected chi connectivity index (χ4v) is 2.36. The maximum atomic E-state index is 5.43. The van der Waals surface area contributed by atoms with Crippen LogP contribution < -0.4 is 11.1 Å². The molecule has 0 aliphatic carbocycles. The summed E-state index contributed by atoms with van der Waals surface area (Å²) in [7, 11) is 0. The molecule has 1 saturated heterocycles. The molecule has 0 spiro atoms. The highest BCUT2D eigenvalue weighted by molar-refractivity contribution is 7.99. The molecule has 3 N–H and O–H groups in total. The number of hydrogen-bond donors (Lipinski definition) is 2. The van der Waals surface area contributed by atoms with E-state index in [1.807, 2.05) is 11.8 Å². The summed E-state index contributed by atoms with van der Waals surface area (Å²) >= 11 is 1.94. The zero-order chi connectivity index (χ0) is 9.10. The van der Waals surface area contributed by atoms with Gasteiger partial charge in [-0.3, -0.25) is 0 Å². The minimum atomic E-state index is 0.267. The fourth-order valence-electron chi connectivity index (χ4n) is 1.21. The van der Waals surface area contributed by atoms with Gasteiger partial charge in [0.1, 0.15) is 6.33 Å². The molecule has 6 heteroatoms. The van der Waals surface area contributed by atoms with Crippen LogP contribution in [0.25, 0.3) is 0 Å². The molecule has 1 unspecified atom stereocenters. The van der Waals surface area contributed by atoms with E-state index in [0.717, 1.165) is 12.2 Å². The molecule has 70 valence electrons. The number of rotatable bonds is 2. The van der Waals surface area contributed by atoms with Crippen LogP contribution in [-0.4, -0.2) is 32.5 Å². The molecule has 1 aromatic heterocycles. The fraction of sp³-hybridized carbons (Fsp3) is 0.571. The lowest BCUT2D eigenvalue weighted by Crippen LogP contribution is -2.20. The largest absolute Gasteiger partial charge is 0.368 e. The number of aromatic nitrogens is 3. The average molecular weight is 197 g/mol. The first-order chi connectivity index (χ1) is 6.34. The van der Waals surface area contributed by atoms with Crippen molar-refractivity contribution in [3.63, 3.8) is 0 Å². The number of nitrogens with two attached hydrogens (primary N) is 1. The second-order valence-electron chi connectivity index (χ2n) is 2.87. The second-order valence-corrected chi connectivity index (χ2v) is 4.02. The minimum absolute atomic E-state index is 0.267. The lowest BCUT2D eigenvalue weighted by molar-refractivity contribution is 0.796. The molecule has 1 aliphatic heterocycles. The third-order valence-corrected chi connectivity index (χ3v) is 3.02. The van der Waals surface area contributed by atoms with Gasteiger partial charge in [0.2, 0.25) is 11.9 Å². The third kappa shape index (κ3) is 2.21. The van der Waals surface area contributed by atoms with E-state index in [1.54, 1.807) is 0 Å². The minimum Gasteiger partial charge on any atom is -0.368 e. The number of anilines is 2. The van der Waals surface area contributed by atoms with Gasteiger partial charge in [0.05, 0.1) is 0 Å². The van der Waals surface area contributed by atoms with Crippen LogP contribution in [0.3, 0.4) is 0 Å². The van der Waals surface area contributed by atoms with E-state index in [4.69, 9.17) is 5.73 Å². The van der Waals surface area contributed by atoms with Gasteiger partial charge in [0, 0.05) is 11.8 Å². The van der Waals surface area contributed by atoms with E-state index in [1.165, 1.54) is 12.1 Å². The molecule has 2 heterocycles. The third-order valence-electron chi connectivity index (χ3n) is 1.85. The van der Waals surface area contributed by atoms with Crippen molar-refractivity contribution < 1.29 is 0 Å². The van der Waals surface area contributed by atoms with Crippen LogP contribution in [-0.2, 0) is 0 Å². The van der Waals surface area contributed by atoms with Crippen molar-refractivity contribution in [2.45, 2.75) is 12.5 Å². The first-order valence-corrected chi connectivity index (χ1v) is 5.29. The highest BCUT2D eigenvalue weighted by atomic mass is 32.2. The molecule has 0 radical (unpaired) electrons. The summed E-state index contributed by atoms with van der Waals surface area (Å²) in [6.07, 6.45) is 2.59. The van der Waals surface area contributed by atoms with E-state index in [9.17, 15) is 0 Å². The molecule has 1 fully saturated rings. The summed E-state index contributed by atoms with van der Waals surface area (Å²) in [4.78, 5) is 11.7. The summed E-state index contributed by atoms with van der Waals surface area (Å²) in [6.45, 7) is 0. The van der Waals surface area contributed by atoms with Crippen molar-refractivity contribution in [1.29, 1.82) is 0 Å². The maximum Gasteiger partial charge on any atom is 0.227 e. The molecular weight excluding hydrogens is 186 g/mol. The zero-order valence-electron chi connectivity index (χ0n) is 7.10. The van der Waals surface area contributed by atoms with Gasteiger partial charge in [-0.1, -0.05) is 0 Å². The first kappa shape index (κ1) is 8.55. The molecule has 0 aromatic carbocycles. The Bertz CT molecular complexity index is 286. The highest BCUT2D eigenvalue weighted by Gasteiger charge is 2.15. The Balaban J connectivity index is 2.00. The van der Waals surface area contributed by atoms with Crippen molar-refractivity contribution in [1.82, 2.24) is 15.0 Å². The number of thioether (sulfide) groups is 1. The molecule has 0 saturated carbocycles. The maximum absolute atomic E-state index is 5.43. The number of nitrogen functional groups attached to an aromatic ring is 1. The quantitative estimate of drug-likeness (QED) is 0.713. The van der Waals surface area contributed by atoms with Crippen LogP contribution in [0.4, 0.5) is 11.9 Å². The predicted octanol–water partition coefficient (Wildman–Crippen LogP) is 0.371. The lowest BCUT2D eigenvalue weighted by Gasteiger charge is -2.09. The topological polar surface area (TPSA) is 76.7 Å².